The predicted octanol–water partition coefficient (Wildman–Crippen LogP) is 4.91. The Labute approximate surface area is 154 Å². The van der Waals surface area contributed by atoms with Crippen molar-refractivity contribution in [3.05, 3.63) is 75.6 Å². The molecular weight excluding hydrogens is 365 g/mol. The first-order chi connectivity index (χ1) is 11.6. The van der Waals surface area contributed by atoms with Gasteiger partial charge in [-0.15, -0.1) is 10.2 Å². The number of halogens is 2. The lowest BCUT2D eigenvalue weighted by Gasteiger charge is -2.06. The topological polar surface area (TPSA) is 64.9 Å². The molecule has 124 valence electrons. The monoisotopic (exact) mass is 379 g/mol. The Morgan fingerprint density at radius 1 is 1.08 bits per heavy atom. The van der Waals surface area contributed by atoms with E-state index >= 15 is 0 Å². The fraction of sp³-hybridized carbons (Fsp3) is 0.176. The Bertz CT molecular complexity index is 811. The third kappa shape index (κ3) is 4.51. The molecule has 0 unspecified atom stereocenters. The summed E-state index contributed by atoms with van der Waals surface area (Å²) in [4.78, 5) is 0. The Morgan fingerprint density at radius 2 is 1.88 bits per heavy atom. The van der Waals surface area contributed by atoms with Crippen LogP contribution in [0.3, 0.4) is 0 Å². The molecule has 0 saturated heterocycles. The molecule has 0 spiro atoms. The number of aromatic nitrogens is 2. The largest absolute Gasteiger partial charge is 0.414 e. The van der Waals surface area contributed by atoms with Gasteiger partial charge in [0.2, 0.25) is 5.89 Å². The van der Waals surface area contributed by atoms with Crippen LogP contribution in [0.5, 0.6) is 0 Å². The molecule has 1 heterocycles. The van der Waals surface area contributed by atoms with Gasteiger partial charge in [0, 0.05) is 15.8 Å². The van der Waals surface area contributed by atoms with Crippen LogP contribution < -0.4 is 5.73 Å². The van der Waals surface area contributed by atoms with Gasteiger partial charge in [-0.05, 0) is 29.7 Å². The summed E-state index contributed by atoms with van der Waals surface area (Å²) >= 11 is 13.5. The SMILES string of the molecule is N[C@@H](Cc1ccccc1)c1nnc(SCc2ccc(Cl)cc2Cl)o1. The van der Waals surface area contributed by atoms with Crippen molar-refractivity contribution < 1.29 is 4.42 Å². The molecule has 7 heteroatoms. The van der Waals surface area contributed by atoms with E-state index in [4.69, 9.17) is 33.4 Å². The lowest BCUT2D eigenvalue weighted by Crippen LogP contribution is -2.13. The molecule has 0 aliphatic heterocycles. The molecule has 3 aromatic rings. The van der Waals surface area contributed by atoms with Gasteiger partial charge in [0.25, 0.3) is 5.22 Å². The van der Waals surface area contributed by atoms with Crippen molar-refractivity contribution in [2.75, 3.05) is 0 Å². The second kappa shape index (κ2) is 8.03. The zero-order valence-electron chi connectivity index (χ0n) is 12.7. The first-order valence-electron chi connectivity index (χ1n) is 7.31. The Hall–Kier alpha value is -1.53. The van der Waals surface area contributed by atoms with E-state index < -0.39 is 0 Å². The minimum Gasteiger partial charge on any atom is -0.414 e. The maximum atomic E-state index is 6.16. The summed E-state index contributed by atoms with van der Waals surface area (Å²) in [7, 11) is 0. The van der Waals surface area contributed by atoms with Crippen LogP contribution in [0, 0.1) is 0 Å². The third-order valence-corrected chi connectivity index (χ3v) is 4.86. The van der Waals surface area contributed by atoms with E-state index in [9.17, 15) is 0 Å². The van der Waals surface area contributed by atoms with E-state index in [-0.39, 0.29) is 6.04 Å². The molecule has 3 rings (SSSR count). The summed E-state index contributed by atoms with van der Waals surface area (Å²) in [5.41, 5.74) is 8.23. The Balaban J connectivity index is 1.61. The molecule has 0 aliphatic rings. The van der Waals surface area contributed by atoms with Gasteiger partial charge in [-0.2, -0.15) is 0 Å². The lowest BCUT2D eigenvalue weighted by molar-refractivity contribution is 0.385. The summed E-state index contributed by atoms with van der Waals surface area (Å²) < 4.78 is 5.65. The van der Waals surface area contributed by atoms with Gasteiger partial charge in [-0.3, -0.25) is 0 Å². The summed E-state index contributed by atoms with van der Waals surface area (Å²) in [6, 6.07) is 15.1. The van der Waals surface area contributed by atoms with Crippen LogP contribution in [0.4, 0.5) is 0 Å². The van der Waals surface area contributed by atoms with Gasteiger partial charge in [-0.25, -0.2) is 0 Å². The zero-order chi connectivity index (χ0) is 16.9. The average Bonchev–Trinajstić information content (AvgIpc) is 3.04. The van der Waals surface area contributed by atoms with Gasteiger partial charge >= 0.3 is 0 Å². The number of nitrogens with zero attached hydrogens (tertiary/aromatic N) is 2. The molecule has 0 bridgehead atoms. The van der Waals surface area contributed by atoms with Crippen molar-refractivity contribution in [1.29, 1.82) is 0 Å². The number of benzene rings is 2. The second-order valence-corrected chi connectivity index (χ2v) is 7.00. The molecule has 0 amide bonds. The highest BCUT2D eigenvalue weighted by molar-refractivity contribution is 7.98. The van der Waals surface area contributed by atoms with Crippen molar-refractivity contribution in [3.63, 3.8) is 0 Å². The van der Waals surface area contributed by atoms with E-state index in [2.05, 4.69) is 10.2 Å². The number of hydrogen-bond acceptors (Lipinski definition) is 5. The fourth-order valence-corrected chi connectivity index (χ4v) is 3.49. The molecule has 4 nitrogen and oxygen atoms in total. The third-order valence-electron chi connectivity index (χ3n) is 3.40. The molecule has 0 fully saturated rings. The molecule has 1 atom stereocenters. The van der Waals surface area contributed by atoms with Crippen LogP contribution in [-0.2, 0) is 12.2 Å². The summed E-state index contributed by atoms with van der Waals surface area (Å²) in [6.45, 7) is 0. The number of rotatable bonds is 6. The van der Waals surface area contributed by atoms with Crippen LogP contribution in [0.15, 0.2) is 58.2 Å². The van der Waals surface area contributed by atoms with Crippen molar-refractivity contribution >= 4 is 35.0 Å². The van der Waals surface area contributed by atoms with Crippen molar-refractivity contribution in [2.45, 2.75) is 23.4 Å². The highest BCUT2D eigenvalue weighted by Crippen LogP contribution is 2.28. The predicted molar refractivity (Wildman–Crippen MR) is 97.4 cm³/mol. The highest BCUT2D eigenvalue weighted by atomic mass is 35.5. The van der Waals surface area contributed by atoms with Gasteiger partial charge in [0.05, 0.1) is 6.04 Å². The van der Waals surface area contributed by atoms with Crippen molar-refractivity contribution in [2.24, 2.45) is 5.73 Å². The van der Waals surface area contributed by atoms with Crippen LogP contribution in [-0.4, -0.2) is 10.2 Å². The standard InChI is InChI=1S/C17H15Cl2N3OS/c18-13-7-6-12(14(19)9-13)10-24-17-22-21-16(23-17)15(20)8-11-4-2-1-3-5-11/h1-7,9,15H,8,10,20H2/t15-/m0/s1. The van der Waals surface area contributed by atoms with E-state index in [1.165, 1.54) is 11.8 Å². The Kier molecular flexibility index (Phi) is 5.79. The van der Waals surface area contributed by atoms with Crippen LogP contribution in [0.25, 0.3) is 0 Å². The Morgan fingerprint density at radius 3 is 2.62 bits per heavy atom. The molecule has 2 N–H and O–H groups in total. The minimum absolute atomic E-state index is 0.326. The number of thioether (sulfide) groups is 1. The van der Waals surface area contributed by atoms with Crippen molar-refractivity contribution in [1.82, 2.24) is 10.2 Å². The molecule has 0 saturated carbocycles. The molecule has 2 aromatic carbocycles. The van der Waals surface area contributed by atoms with Crippen molar-refractivity contribution in [3.8, 4) is 0 Å². The molecule has 24 heavy (non-hydrogen) atoms. The van der Waals surface area contributed by atoms with E-state index in [0.717, 1.165) is 11.1 Å². The first-order valence-corrected chi connectivity index (χ1v) is 9.05. The summed E-state index contributed by atoms with van der Waals surface area (Å²) in [5, 5.41) is 9.79. The summed E-state index contributed by atoms with van der Waals surface area (Å²) in [5.74, 6) is 1.05. The molecule has 0 radical (unpaired) electrons. The average molecular weight is 380 g/mol. The first kappa shape index (κ1) is 17.3. The van der Waals surface area contributed by atoms with Crippen LogP contribution >= 0.6 is 35.0 Å². The van der Waals surface area contributed by atoms with E-state index in [0.29, 0.717) is 33.3 Å². The van der Waals surface area contributed by atoms with Gasteiger partial charge in [0.1, 0.15) is 0 Å². The number of nitrogens with two attached hydrogens (primary N) is 1. The quantitative estimate of drug-likeness (QED) is 0.616. The second-order valence-electron chi connectivity index (χ2n) is 5.23. The minimum atomic E-state index is -0.326. The normalized spacial score (nSPS) is 12.3. The van der Waals surface area contributed by atoms with E-state index in [1.54, 1.807) is 12.1 Å². The molecule has 1 aromatic heterocycles. The maximum absolute atomic E-state index is 6.16. The van der Waals surface area contributed by atoms with Gasteiger partial charge in [0.15, 0.2) is 0 Å². The maximum Gasteiger partial charge on any atom is 0.276 e. The summed E-state index contributed by atoms with van der Waals surface area (Å²) in [6.07, 6.45) is 0.649. The number of hydrogen-bond donors (Lipinski definition) is 1. The highest BCUT2D eigenvalue weighted by Gasteiger charge is 2.15. The van der Waals surface area contributed by atoms with E-state index in [1.807, 2.05) is 36.4 Å². The van der Waals surface area contributed by atoms with Crippen LogP contribution in [0.2, 0.25) is 10.0 Å². The lowest BCUT2D eigenvalue weighted by atomic mass is 10.1. The smallest absolute Gasteiger partial charge is 0.276 e. The molecular formula is C17H15Cl2N3OS. The fourth-order valence-electron chi connectivity index (χ4n) is 2.16. The van der Waals surface area contributed by atoms with Gasteiger partial charge < -0.3 is 10.2 Å². The molecule has 0 aliphatic carbocycles. The van der Waals surface area contributed by atoms with Gasteiger partial charge in [-0.1, -0.05) is 71.4 Å². The van der Waals surface area contributed by atoms with Crippen LogP contribution in [0.1, 0.15) is 23.1 Å². The zero-order valence-corrected chi connectivity index (χ0v) is 15.0.